The van der Waals surface area contributed by atoms with Crippen LogP contribution in [0.2, 0.25) is 0 Å². The minimum Gasteiger partial charge on any atom is -0.396 e. The van der Waals surface area contributed by atoms with Gasteiger partial charge in [-0.15, -0.1) is 0 Å². The number of benzene rings is 1. The molecule has 0 aliphatic carbocycles. The summed E-state index contributed by atoms with van der Waals surface area (Å²) in [7, 11) is 1.67. The first kappa shape index (κ1) is 18.2. The van der Waals surface area contributed by atoms with Crippen LogP contribution in [0.25, 0.3) is 5.69 Å². The van der Waals surface area contributed by atoms with E-state index >= 15 is 0 Å². The lowest BCUT2D eigenvalue weighted by Gasteiger charge is -2.30. The molecule has 2 N–H and O–H groups in total. The maximum atomic E-state index is 12.5. The molecule has 0 spiro atoms. The van der Waals surface area contributed by atoms with Gasteiger partial charge in [-0.2, -0.15) is 5.10 Å². The smallest absolute Gasteiger partial charge is 0.253 e. The second kappa shape index (κ2) is 7.15. The summed E-state index contributed by atoms with van der Waals surface area (Å²) >= 11 is 0. The van der Waals surface area contributed by atoms with Crippen LogP contribution >= 0.6 is 0 Å². The van der Waals surface area contributed by atoms with E-state index < -0.39 is 5.41 Å². The monoisotopic (exact) mass is 331 g/mol. The van der Waals surface area contributed by atoms with Crippen molar-refractivity contribution in [1.82, 2.24) is 14.7 Å². The maximum absolute atomic E-state index is 12.5. The van der Waals surface area contributed by atoms with Gasteiger partial charge in [-0.25, -0.2) is 4.68 Å². The fourth-order valence-corrected chi connectivity index (χ4v) is 2.65. The summed E-state index contributed by atoms with van der Waals surface area (Å²) in [4.78, 5) is 14.0. The van der Waals surface area contributed by atoms with Gasteiger partial charge < -0.3 is 15.1 Å². The van der Waals surface area contributed by atoms with E-state index in [0.29, 0.717) is 5.56 Å². The summed E-state index contributed by atoms with van der Waals surface area (Å²) in [5.74, 6) is -0.150. The Labute approximate surface area is 142 Å². The summed E-state index contributed by atoms with van der Waals surface area (Å²) < 4.78 is 1.84. The normalized spacial score (nSPS) is 11.6. The zero-order chi connectivity index (χ0) is 17.9. The fourth-order valence-electron chi connectivity index (χ4n) is 2.65. The first-order valence-corrected chi connectivity index (χ1v) is 7.90. The zero-order valence-corrected chi connectivity index (χ0v) is 14.7. The van der Waals surface area contributed by atoms with Gasteiger partial charge in [0.25, 0.3) is 5.91 Å². The molecule has 2 rings (SSSR count). The van der Waals surface area contributed by atoms with Crippen molar-refractivity contribution in [2.75, 3.05) is 26.8 Å². The molecule has 130 valence electrons. The van der Waals surface area contributed by atoms with Crippen LogP contribution in [0.1, 0.15) is 28.7 Å². The molecule has 0 aliphatic rings. The number of hydrogen-bond donors (Lipinski definition) is 2. The maximum Gasteiger partial charge on any atom is 0.253 e. The second-order valence-corrected chi connectivity index (χ2v) is 6.67. The van der Waals surface area contributed by atoms with Crippen LogP contribution < -0.4 is 0 Å². The van der Waals surface area contributed by atoms with E-state index in [0.717, 1.165) is 17.1 Å². The van der Waals surface area contributed by atoms with E-state index in [-0.39, 0.29) is 25.7 Å². The average molecular weight is 331 g/mol. The molecule has 0 saturated heterocycles. The molecular formula is C18H25N3O3. The lowest BCUT2D eigenvalue weighted by molar-refractivity contribution is 0.0366. The summed E-state index contributed by atoms with van der Waals surface area (Å²) in [5.41, 5.74) is 2.72. The van der Waals surface area contributed by atoms with Crippen molar-refractivity contribution in [2.24, 2.45) is 5.41 Å². The standard InChI is InChI=1S/C18H25N3O3/c1-13-9-14(2)21(19-13)16-7-5-15(6-8-16)17(24)20(4)10-18(3,11-22)12-23/h5-9,22-23H,10-12H2,1-4H3. The van der Waals surface area contributed by atoms with E-state index in [1.807, 2.05) is 36.7 Å². The van der Waals surface area contributed by atoms with Crippen molar-refractivity contribution in [3.8, 4) is 5.69 Å². The van der Waals surface area contributed by atoms with Crippen molar-refractivity contribution >= 4 is 5.91 Å². The number of hydrogen-bond acceptors (Lipinski definition) is 4. The largest absolute Gasteiger partial charge is 0.396 e. The fraction of sp³-hybridized carbons (Fsp3) is 0.444. The molecule has 1 heterocycles. The highest BCUT2D eigenvalue weighted by Gasteiger charge is 2.26. The Hall–Kier alpha value is -2.18. The molecule has 1 amide bonds. The number of nitrogens with zero attached hydrogens (tertiary/aromatic N) is 3. The topological polar surface area (TPSA) is 78.6 Å². The molecule has 0 radical (unpaired) electrons. The summed E-state index contributed by atoms with van der Waals surface area (Å²) in [6.07, 6.45) is 0. The van der Waals surface area contributed by atoms with Gasteiger partial charge in [0.15, 0.2) is 0 Å². The highest BCUT2D eigenvalue weighted by molar-refractivity contribution is 5.94. The highest BCUT2D eigenvalue weighted by Crippen LogP contribution is 2.18. The molecule has 0 saturated carbocycles. The van der Waals surface area contributed by atoms with Crippen molar-refractivity contribution in [3.63, 3.8) is 0 Å². The Morgan fingerprint density at radius 3 is 2.25 bits per heavy atom. The molecule has 0 atom stereocenters. The van der Waals surface area contributed by atoms with Crippen molar-refractivity contribution < 1.29 is 15.0 Å². The van der Waals surface area contributed by atoms with Crippen LogP contribution in [0.15, 0.2) is 30.3 Å². The molecule has 0 aliphatic heterocycles. The number of aliphatic hydroxyl groups excluding tert-OH is 2. The highest BCUT2D eigenvalue weighted by atomic mass is 16.3. The predicted octanol–water partition coefficient (Wildman–Crippen LogP) is 1.55. The van der Waals surface area contributed by atoms with E-state index in [1.54, 1.807) is 26.1 Å². The number of aryl methyl sites for hydroxylation is 2. The van der Waals surface area contributed by atoms with Crippen LogP contribution in [-0.4, -0.2) is 57.6 Å². The van der Waals surface area contributed by atoms with Crippen LogP contribution in [0.4, 0.5) is 0 Å². The molecule has 0 fully saturated rings. The Balaban J connectivity index is 2.15. The number of carbonyl (C=O) groups excluding carboxylic acids is 1. The van der Waals surface area contributed by atoms with Gasteiger partial charge in [-0.3, -0.25) is 4.79 Å². The number of amides is 1. The summed E-state index contributed by atoms with van der Waals surface area (Å²) in [6.45, 7) is 5.57. The quantitative estimate of drug-likeness (QED) is 0.842. The number of rotatable bonds is 6. The lowest BCUT2D eigenvalue weighted by Crippen LogP contribution is -2.41. The Morgan fingerprint density at radius 1 is 1.21 bits per heavy atom. The molecule has 1 aromatic heterocycles. The minimum absolute atomic E-state index is 0.150. The summed E-state index contributed by atoms with van der Waals surface area (Å²) in [6, 6.07) is 9.24. The van der Waals surface area contributed by atoms with E-state index in [9.17, 15) is 15.0 Å². The van der Waals surface area contributed by atoms with Crippen molar-refractivity contribution in [3.05, 3.63) is 47.3 Å². The Bertz CT molecular complexity index is 703. The van der Waals surface area contributed by atoms with Gasteiger partial charge in [0, 0.05) is 30.3 Å². The average Bonchev–Trinajstić information content (AvgIpc) is 2.92. The predicted molar refractivity (Wildman–Crippen MR) is 92.3 cm³/mol. The van der Waals surface area contributed by atoms with E-state index in [1.165, 1.54) is 4.90 Å². The van der Waals surface area contributed by atoms with Crippen LogP contribution in [0.3, 0.4) is 0 Å². The number of aliphatic hydroxyl groups is 2. The molecule has 6 nitrogen and oxygen atoms in total. The Kier molecular flexibility index (Phi) is 5.41. The second-order valence-electron chi connectivity index (χ2n) is 6.67. The van der Waals surface area contributed by atoms with Gasteiger partial charge in [0.2, 0.25) is 0 Å². The van der Waals surface area contributed by atoms with Crippen LogP contribution in [0.5, 0.6) is 0 Å². The number of aromatic nitrogens is 2. The SMILES string of the molecule is Cc1cc(C)n(-c2ccc(C(=O)N(C)CC(C)(CO)CO)cc2)n1. The van der Waals surface area contributed by atoms with Crippen molar-refractivity contribution in [1.29, 1.82) is 0 Å². The molecule has 6 heteroatoms. The van der Waals surface area contributed by atoms with Gasteiger partial charge in [-0.05, 0) is 44.2 Å². The third kappa shape index (κ3) is 3.83. The van der Waals surface area contributed by atoms with E-state index in [4.69, 9.17) is 0 Å². The molecule has 2 aromatic rings. The van der Waals surface area contributed by atoms with Crippen LogP contribution in [-0.2, 0) is 0 Å². The van der Waals surface area contributed by atoms with Crippen molar-refractivity contribution in [2.45, 2.75) is 20.8 Å². The molecule has 0 unspecified atom stereocenters. The zero-order valence-electron chi connectivity index (χ0n) is 14.7. The lowest BCUT2D eigenvalue weighted by atomic mass is 9.92. The van der Waals surface area contributed by atoms with Gasteiger partial charge in [-0.1, -0.05) is 6.92 Å². The first-order chi connectivity index (χ1) is 11.3. The third-order valence-electron chi connectivity index (χ3n) is 4.10. The van der Waals surface area contributed by atoms with Gasteiger partial charge >= 0.3 is 0 Å². The van der Waals surface area contributed by atoms with Crippen LogP contribution in [0, 0.1) is 19.3 Å². The molecule has 0 bridgehead atoms. The molecule has 1 aromatic carbocycles. The van der Waals surface area contributed by atoms with E-state index in [2.05, 4.69) is 5.10 Å². The van der Waals surface area contributed by atoms with Gasteiger partial charge in [0.1, 0.15) is 0 Å². The minimum atomic E-state index is -0.714. The number of carbonyl (C=O) groups is 1. The third-order valence-corrected chi connectivity index (χ3v) is 4.10. The first-order valence-electron chi connectivity index (χ1n) is 7.90. The molecule has 24 heavy (non-hydrogen) atoms. The Morgan fingerprint density at radius 2 is 1.79 bits per heavy atom. The molecular weight excluding hydrogens is 306 g/mol. The summed E-state index contributed by atoms with van der Waals surface area (Å²) in [5, 5.41) is 23.2. The van der Waals surface area contributed by atoms with Gasteiger partial charge in [0.05, 0.1) is 24.6 Å².